The first-order valence-corrected chi connectivity index (χ1v) is 14.1. The van der Waals surface area contributed by atoms with Gasteiger partial charge in [-0.05, 0) is 35.0 Å². The third-order valence-corrected chi connectivity index (χ3v) is 9.54. The molecule has 0 heterocycles. The fourth-order valence-electron chi connectivity index (χ4n) is 4.16. The fraction of sp³-hybridized carbons (Fsp3) is 0.0370. The molecule has 0 fully saturated rings. The van der Waals surface area contributed by atoms with Gasteiger partial charge in [-0.1, -0.05) is 89.3 Å². The number of phenols is 1. The Morgan fingerprint density at radius 3 is 1.72 bits per heavy atom. The number of rotatable bonds is 9. The molecule has 0 aliphatic carbocycles. The van der Waals surface area contributed by atoms with E-state index in [9.17, 15) is 27.2 Å². The van der Waals surface area contributed by atoms with Crippen LogP contribution < -0.4 is 9.62 Å². The molecule has 0 aromatic heterocycles. The van der Waals surface area contributed by atoms with Crippen molar-refractivity contribution >= 4 is 41.8 Å². The van der Waals surface area contributed by atoms with Crippen LogP contribution in [0.5, 0.6) is 17.2 Å². The van der Waals surface area contributed by atoms with Crippen LogP contribution in [-0.2, 0) is 33.2 Å². The monoisotopic (exact) mass is 568 g/mol. The molecule has 5 aromatic rings. The van der Waals surface area contributed by atoms with Crippen molar-refractivity contribution in [2.45, 2.75) is 4.27 Å². The van der Waals surface area contributed by atoms with Crippen molar-refractivity contribution < 1.29 is 45.5 Å². The van der Waals surface area contributed by atoms with Gasteiger partial charge >= 0.3 is 24.5 Å². The van der Waals surface area contributed by atoms with Gasteiger partial charge in [0.2, 0.25) is 0 Å². The molecule has 200 valence electrons. The third kappa shape index (κ3) is 4.54. The van der Waals surface area contributed by atoms with Crippen molar-refractivity contribution in [3.05, 3.63) is 115 Å². The SMILES string of the molecule is O=S(=O)(OO)C(Oc1cccc2ccccc12)(c1ccccc1O)S(=O)(=O)OOc1cccc2ccccc12. The van der Waals surface area contributed by atoms with Gasteiger partial charge in [0.15, 0.2) is 5.75 Å². The van der Waals surface area contributed by atoms with Crippen molar-refractivity contribution in [2.24, 2.45) is 0 Å². The minimum absolute atomic E-state index is 0.0599. The second-order valence-corrected chi connectivity index (χ2v) is 11.8. The van der Waals surface area contributed by atoms with Crippen LogP contribution in [-0.4, -0.2) is 27.2 Å². The summed E-state index contributed by atoms with van der Waals surface area (Å²) in [6.45, 7) is 0. The quantitative estimate of drug-likeness (QED) is 0.183. The lowest BCUT2D eigenvalue weighted by molar-refractivity contribution is -0.138. The number of hydrogen-bond acceptors (Lipinski definition) is 10. The molecule has 2 N–H and O–H groups in total. The summed E-state index contributed by atoms with van der Waals surface area (Å²) in [6.07, 6.45) is 0. The molecule has 12 heteroatoms. The van der Waals surface area contributed by atoms with Gasteiger partial charge in [0.1, 0.15) is 11.5 Å². The highest BCUT2D eigenvalue weighted by atomic mass is 32.3. The second-order valence-electron chi connectivity index (χ2n) is 8.26. The average molecular weight is 569 g/mol. The first-order valence-electron chi connectivity index (χ1n) is 11.3. The van der Waals surface area contributed by atoms with Crippen LogP contribution in [0.2, 0.25) is 0 Å². The van der Waals surface area contributed by atoms with Gasteiger partial charge in [0.05, 0.1) is 5.56 Å². The first-order chi connectivity index (χ1) is 18.7. The molecule has 10 nitrogen and oxygen atoms in total. The van der Waals surface area contributed by atoms with Gasteiger partial charge in [-0.3, -0.25) is 0 Å². The van der Waals surface area contributed by atoms with E-state index in [0.29, 0.717) is 21.5 Å². The first kappa shape index (κ1) is 26.4. The zero-order chi connectivity index (χ0) is 27.7. The van der Waals surface area contributed by atoms with E-state index < -0.39 is 35.8 Å². The van der Waals surface area contributed by atoms with Gasteiger partial charge in [-0.25, -0.2) is 5.26 Å². The number of benzene rings is 5. The highest BCUT2D eigenvalue weighted by Gasteiger charge is 2.65. The molecule has 1 atom stereocenters. The minimum atomic E-state index is -5.69. The van der Waals surface area contributed by atoms with E-state index in [4.69, 9.17) is 14.0 Å². The van der Waals surface area contributed by atoms with Crippen LogP contribution in [0.4, 0.5) is 0 Å². The fourth-order valence-corrected chi connectivity index (χ4v) is 6.95. The average Bonchev–Trinajstić information content (AvgIpc) is 2.95. The van der Waals surface area contributed by atoms with E-state index in [1.807, 2.05) is 0 Å². The summed E-state index contributed by atoms with van der Waals surface area (Å²) in [5, 5.41) is 22.1. The Hall–Kier alpha value is -4.20. The van der Waals surface area contributed by atoms with Gasteiger partial charge in [0, 0.05) is 10.8 Å². The van der Waals surface area contributed by atoms with E-state index in [2.05, 4.69) is 4.33 Å². The molecular formula is C27H20O10S2. The van der Waals surface area contributed by atoms with Gasteiger partial charge in [0.25, 0.3) is 0 Å². The standard InChI is InChI=1S/C27H20O10S2/c28-24-16-6-5-15-23(24)27(38(30,31)36-29,34-25-17-7-11-19-9-1-3-13-21(19)25)39(32,33)37-35-26-18-8-12-20-10-2-4-14-22(20)26/h1-18,28-29H. The molecule has 5 aromatic carbocycles. The number of phenolic OH excluding ortho intramolecular Hbond substituents is 1. The molecule has 0 radical (unpaired) electrons. The van der Waals surface area contributed by atoms with E-state index >= 15 is 0 Å². The summed E-state index contributed by atoms with van der Waals surface area (Å²) in [7, 11) is -11.3. The maximum Gasteiger partial charge on any atom is 0.394 e. The highest BCUT2D eigenvalue weighted by molar-refractivity contribution is 8.05. The summed E-state index contributed by atoms with van der Waals surface area (Å²) >= 11 is 0. The topological polar surface area (TPSA) is 146 Å². The molecular weight excluding hydrogens is 548 g/mol. The molecule has 39 heavy (non-hydrogen) atoms. The molecule has 0 saturated heterocycles. The van der Waals surface area contributed by atoms with Crippen molar-refractivity contribution in [1.29, 1.82) is 0 Å². The summed E-state index contributed by atoms with van der Waals surface area (Å²) in [5.74, 6) is -1.11. The maximum absolute atomic E-state index is 13.9. The Kier molecular flexibility index (Phi) is 6.89. The van der Waals surface area contributed by atoms with Crippen molar-refractivity contribution in [3.8, 4) is 17.2 Å². The number of aromatic hydroxyl groups is 1. The van der Waals surface area contributed by atoms with Gasteiger partial charge < -0.3 is 14.7 Å². The predicted molar refractivity (Wildman–Crippen MR) is 142 cm³/mol. The summed E-state index contributed by atoms with van der Waals surface area (Å²) < 4.78 is 65.2. The van der Waals surface area contributed by atoms with E-state index in [1.165, 1.54) is 30.3 Å². The van der Waals surface area contributed by atoms with Crippen LogP contribution in [0.3, 0.4) is 0 Å². The van der Waals surface area contributed by atoms with E-state index in [-0.39, 0.29) is 11.5 Å². The predicted octanol–water partition coefficient (Wildman–Crippen LogP) is 5.05. The van der Waals surface area contributed by atoms with E-state index in [1.54, 1.807) is 66.7 Å². The Labute approximate surface area is 223 Å². The Morgan fingerprint density at radius 2 is 1.10 bits per heavy atom. The Morgan fingerprint density at radius 1 is 0.590 bits per heavy atom. The lowest BCUT2D eigenvalue weighted by Gasteiger charge is -2.31. The molecule has 0 aliphatic rings. The van der Waals surface area contributed by atoms with Crippen molar-refractivity contribution in [1.82, 2.24) is 0 Å². The summed E-state index contributed by atoms with van der Waals surface area (Å²) in [4.78, 5) is 5.17. The van der Waals surface area contributed by atoms with Crippen LogP contribution in [0.1, 0.15) is 5.56 Å². The maximum atomic E-state index is 13.9. The smallest absolute Gasteiger partial charge is 0.394 e. The summed E-state index contributed by atoms with van der Waals surface area (Å²) in [5.41, 5.74) is -0.825. The molecule has 0 amide bonds. The van der Waals surface area contributed by atoms with Crippen molar-refractivity contribution in [2.75, 3.05) is 0 Å². The molecule has 5 rings (SSSR count). The van der Waals surface area contributed by atoms with Crippen LogP contribution in [0.25, 0.3) is 21.5 Å². The molecule has 0 aliphatic heterocycles. The molecule has 0 saturated carbocycles. The van der Waals surface area contributed by atoms with Crippen LogP contribution >= 0.6 is 0 Å². The summed E-state index contributed by atoms with van der Waals surface area (Å²) in [6, 6.07) is 27.2. The zero-order valence-corrected chi connectivity index (χ0v) is 21.5. The molecule has 0 spiro atoms. The van der Waals surface area contributed by atoms with Gasteiger partial charge in [-0.15, -0.1) is 4.33 Å². The molecule has 1 unspecified atom stereocenters. The van der Waals surface area contributed by atoms with Crippen LogP contribution in [0, 0.1) is 0 Å². The lowest BCUT2D eigenvalue weighted by atomic mass is 10.1. The van der Waals surface area contributed by atoms with Crippen LogP contribution in [0.15, 0.2) is 109 Å². The minimum Gasteiger partial charge on any atom is -0.507 e. The normalized spacial score (nSPS) is 13.7. The van der Waals surface area contributed by atoms with Crippen molar-refractivity contribution in [3.63, 3.8) is 0 Å². The second kappa shape index (κ2) is 10.2. The number of ether oxygens (including phenoxy) is 1. The number of para-hydroxylation sites is 1. The Bertz CT molecular complexity index is 1880. The Balaban J connectivity index is 1.72. The number of hydrogen-bond donors (Lipinski definition) is 2. The largest absolute Gasteiger partial charge is 0.507 e. The third-order valence-electron chi connectivity index (χ3n) is 5.95. The highest BCUT2D eigenvalue weighted by Crippen LogP contribution is 2.45. The van der Waals surface area contributed by atoms with E-state index in [0.717, 1.165) is 12.1 Å². The molecule has 0 bridgehead atoms. The zero-order valence-electron chi connectivity index (χ0n) is 19.9. The number of fused-ring (bicyclic) bond motifs is 2. The lowest BCUT2D eigenvalue weighted by Crippen LogP contribution is -2.50. The van der Waals surface area contributed by atoms with Gasteiger partial charge in [-0.2, -0.15) is 16.8 Å².